The second-order valence-corrected chi connectivity index (χ2v) is 8.80. The highest BCUT2D eigenvalue weighted by molar-refractivity contribution is 7.99. The number of thioether (sulfide) groups is 1. The molecule has 3 rings (SSSR count). The van der Waals surface area contributed by atoms with Crippen LogP contribution in [0, 0.1) is 13.8 Å². The monoisotopic (exact) mass is 378 g/mol. The maximum Gasteiger partial charge on any atom is 0.263 e. The molecule has 0 spiro atoms. The van der Waals surface area contributed by atoms with Crippen molar-refractivity contribution in [2.45, 2.75) is 64.4 Å². The number of rotatable bonds is 5. The van der Waals surface area contributed by atoms with Crippen molar-refractivity contribution in [1.82, 2.24) is 19.7 Å². The van der Waals surface area contributed by atoms with Crippen molar-refractivity contribution in [3.8, 4) is 0 Å². The Bertz CT molecular complexity index is 971. The lowest BCUT2D eigenvalue weighted by Gasteiger charge is -2.16. The average molecular weight is 379 g/mol. The van der Waals surface area contributed by atoms with Crippen LogP contribution in [0.2, 0.25) is 0 Å². The highest BCUT2D eigenvalue weighted by Crippen LogP contribution is 2.35. The van der Waals surface area contributed by atoms with Crippen molar-refractivity contribution < 1.29 is 4.52 Å². The Morgan fingerprint density at radius 3 is 2.56 bits per heavy atom. The van der Waals surface area contributed by atoms with Crippen LogP contribution in [0.1, 0.15) is 61.1 Å². The molecule has 6 nitrogen and oxygen atoms in total. The maximum atomic E-state index is 13.1. The Hall–Kier alpha value is -1.67. The Labute approximate surface area is 154 Å². The van der Waals surface area contributed by atoms with E-state index < -0.39 is 0 Å². The van der Waals surface area contributed by atoms with E-state index in [0.717, 1.165) is 27.1 Å². The highest BCUT2D eigenvalue weighted by Gasteiger charge is 2.22. The molecule has 0 bridgehead atoms. The van der Waals surface area contributed by atoms with Crippen molar-refractivity contribution in [3.63, 3.8) is 0 Å². The summed E-state index contributed by atoms with van der Waals surface area (Å²) in [5.41, 5.74) is 1.05. The van der Waals surface area contributed by atoms with Gasteiger partial charge in [-0.15, -0.1) is 11.3 Å². The van der Waals surface area contributed by atoms with Crippen molar-refractivity contribution in [1.29, 1.82) is 0 Å². The summed E-state index contributed by atoms with van der Waals surface area (Å²) < 4.78 is 7.10. The van der Waals surface area contributed by atoms with Gasteiger partial charge in [0.15, 0.2) is 11.0 Å². The molecule has 0 aliphatic heterocycles. The standard InChI is InChI=1S/C17H22N4O2S2/c1-7-12-18-14(23-20-12)11(6)25-17-19-15-13(9(4)10(5)24-15)16(22)21(17)8(2)3/h8,11H,7H2,1-6H3. The minimum Gasteiger partial charge on any atom is -0.338 e. The van der Waals surface area contributed by atoms with Crippen LogP contribution >= 0.6 is 23.1 Å². The molecule has 1 unspecified atom stereocenters. The van der Waals surface area contributed by atoms with Gasteiger partial charge in [0, 0.05) is 17.3 Å². The van der Waals surface area contributed by atoms with Gasteiger partial charge in [0.25, 0.3) is 5.56 Å². The largest absolute Gasteiger partial charge is 0.338 e. The van der Waals surface area contributed by atoms with Crippen molar-refractivity contribution >= 4 is 33.3 Å². The first-order chi connectivity index (χ1) is 11.8. The van der Waals surface area contributed by atoms with E-state index in [1.54, 1.807) is 15.9 Å². The van der Waals surface area contributed by atoms with Gasteiger partial charge in [-0.25, -0.2) is 4.98 Å². The maximum absolute atomic E-state index is 13.1. The molecule has 134 valence electrons. The molecule has 0 radical (unpaired) electrons. The zero-order chi connectivity index (χ0) is 18.3. The van der Waals surface area contributed by atoms with E-state index in [9.17, 15) is 4.79 Å². The van der Waals surface area contributed by atoms with E-state index in [-0.39, 0.29) is 16.9 Å². The smallest absolute Gasteiger partial charge is 0.263 e. The fourth-order valence-corrected chi connectivity index (χ4v) is 4.75. The van der Waals surface area contributed by atoms with Crippen LogP contribution in [-0.4, -0.2) is 19.7 Å². The lowest BCUT2D eigenvalue weighted by molar-refractivity contribution is 0.375. The lowest BCUT2D eigenvalue weighted by Crippen LogP contribution is -2.25. The number of fused-ring (bicyclic) bond motifs is 1. The molecule has 0 fully saturated rings. The van der Waals surface area contributed by atoms with Crippen LogP contribution in [0.15, 0.2) is 14.5 Å². The van der Waals surface area contributed by atoms with Crippen LogP contribution in [0.3, 0.4) is 0 Å². The van der Waals surface area contributed by atoms with Crippen LogP contribution < -0.4 is 5.56 Å². The Kier molecular flexibility index (Phi) is 5.02. The van der Waals surface area contributed by atoms with Gasteiger partial charge in [-0.3, -0.25) is 9.36 Å². The molecule has 0 saturated heterocycles. The van der Waals surface area contributed by atoms with Gasteiger partial charge in [-0.1, -0.05) is 23.8 Å². The van der Waals surface area contributed by atoms with Crippen LogP contribution in [0.4, 0.5) is 0 Å². The van der Waals surface area contributed by atoms with Gasteiger partial charge >= 0.3 is 0 Å². The highest BCUT2D eigenvalue weighted by atomic mass is 32.2. The van der Waals surface area contributed by atoms with E-state index in [0.29, 0.717) is 16.9 Å². The van der Waals surface area contributed by atoms with Crippen molar-refractivity contribution in [2.75, 3.05) is 0 Å². The molecule has 0 aromatic carbocycles. The Morgan fingerprint density at radius 2 is 1.96 bits per heavy atom. The third-order valence-electron chi connectivity index (χ3n) is 4.15. The molecule has 3 aromatic heterocycles. The van der Waals surface area contributed by atoms with Gasteiger partial charge in [0.1, 0.15) is 4.83 Å². The zero-order valence-electron chi connectivity index (χ0n) is 15.3. The predicted octanol–water partition coefficient (Wildman–Crippen LogP) is 4.45. The van der Waals surface area contributed by atoms with Crippen LogP contribution in [0.5, 0.6) is 0 Å². The van der Waals surface area contributed by atoms with Gasteiger partial charge in [-0.2, -0.15) is 4.98 Å². The third kappa shape index (κ3) is 3.25. The molecule has 1 atom stereocenters. The van der Waals surface area contributed by atoms with E-state index in [1.165, 1.54) is 11.8 Å². The molecule has 0 saturated carbocycles. The summed E-state index contributed by atoms with van der Waals surface area (Å²) in [7, 11) is 0. The fourth-order valence-electron chi connectivity index (χ4n) is 2.61. The summed E-state index contributed by atoms with van der Waals surface area (Å²) in [4.78, 5) is 24.2. The number of thiophene rings is 1. The summed E-state index contributed by atoms with van der Waals surface area (Å²) in [5.74, 6) is 1.25. The Balaban J connectivity index is 2.08. The molecule has 0 N–H and O–H groups in total. The number of hydrogen-bond acceptors (Lipinski definition) is 7. The summed E-state index contributed by atoms with van der Waals surface area (Å²) in [5, 5.41) is 5.30. The Morgan fingerprint density at radius 1 is 1.24 bits per heavy atom. The molecule has 25 heavy (non-hydrogen) atoms. The lowest BCUT2D eigenvalue weighted by atomic mass is 10.2. The van der Waals surface area contributed by atoms with Crippen molar-refractivity contribution in [2.24, 2.45) is 0 Å². The molecule has 0 amide bonds. The summed E-state index contributed by atoms with van der Waals surface area (Å²) >= 11 is 3.05. The minimum atomic E-state index is -0.0793. The quantitative estimate of drug-likeness (QED) is 0.482. The molecule has 0 aliphatic rings. The zero-order valence-corrected chi connectivity index (χ0v) is 16.9. The van der Waals surface area contributed by atoms with Crippen LogP contribution in [-0.2, 0) is 6.42 Å². The molecule has 3 heterocycles. The summed E-state index contributed by atoms with van der Waals surface area (Å²) in [6.07, 6.45) is 0.732. The number of aromatic nitrogens is 4. The summed E-state index contributed by atoms with van der Waals surface area (Å²) in [6.45, 7) is 12.0. The van der Waals surface area contributed by atoms with Gasteiger partial charge in [0.05, 0.1) is 10.6 Å². The number of nitrogens with zero attached hydrogens (tertiary/aromatic N) is 4. The first kappa shape index (κ1) is 18.1. The second kappa shape index (κ2) is 6.92. The SMILES string of the molecule is CCc1noc(C(C)Sc2nc3sc(C)c(C)c3c(=O)n2C(C)C)n1. The molecule has 3 aromatic rings. The minimum absolute atomic E-state index is 0.0209. The molecule has 0 aliphatic carbocycles. The first-order valence-electron chi connectivity index (χ1n) is 8.34. The number of hydrogen-bond donors (Lipinski definition) is 0. The molecular formula is C17H22N4O2S2. The normalized spacial score (nSPS) is 13.1. The summed E-state index contributed by atoms with van der Waals surface area (Å²) in [6, 6.07) is 0.0209. The molecular weight excluding hydrogens is 356 g/mol. The average Bonchev–Trinajstić information content (AvgIpc) is 3.12. The first-order valence-corrected chi connectivity index (χ1v) is 10.0. The van der Waals surface area contributed by atoms with Gasteiger partial charge < -0.3 is 4.52 Å². The van der Waals surface area contributed by atoms with Crippen LogP contribution in [0.25, 0.3) is 10.2 Å². The number of aryl methyl sites for hydroxylation is 3. The topological polar surface area (TPSA) is 73.8 Å². The van der Waals surface area contributed by atoms with E-state index in [4.69, 9.17) is 9.51 Å². The fraction of sp³-hybridized carbons (Fsp3) is 0.529. The predicted molar refractivity (Wildman–Crippen MR) is 102 cm³/mol. The molecule has 8 heteroatoms. The van der Waals surface area contributed by atoms with Gasteiger partial charge in [-0.05, 0) is 40.2 Å². The van der Waals surface area contributed by atoms with Gasteiger partial charge in [0.2, 0.25) is 5.89 Å². The van der Waals surface area contributed by atoms with E-state index in [1.807, 2.05) is 41.5 Å². The van der Waals surface area contributed by atoms with E-state index >= 15 is 0 Å². The second-order valence-electron chi connectivity index (χ2n) is 6.29. The van der Waals surface area contributed by atoms with Crippen molar-refractivity contribution in [3.05, 3.63) is 32.5 Å². The van der Waals surface area contributed by atoms with E-state index in [2.05, 4.69) is 10.1 Å². The third-order valence-corrected chi connectivity index (χ3v) is 6.30.